The van der Waals surface area contributed by atoms with E-state index in [-0.39, 0.29) is 5.91 Å². The van der Waals surface area contributed by atoms with Crippen molar-refractivity contribution in [3.8, 4) is 5.75 Å². The second-order valence-electron chi connectivity index (χ2n) is 5.09. The largest absolute Gasteiger partial charge is 0.497 e. The Morgan fingerprint density at radius 2 is 2.00 bits per heavy atom. The highest BCUT2D eigenvalue weighted by Crippen LogP contribution is 2.14. The lowest BCUT2D eigenvalue weighted by Gasteiger charge is -2.16. The lowest BCUT2D eigenvalue weighted by Crippen LogP contribution is -2.31. The van der Waals surface area contributed by atoms with Crippen molar-refractivity contribution in [2.45, 2.75) is 6.42 Å². The number of rotatable bonds is 7. The quantitative estimate of drug-likeness (QED) is 0.851. The lowest BCUT2D eigenvalue weighted by molar-refractivity contribution is -0.117. The highest BCUT2D eigenvalue weighted by molar-refractivity contribution is 5.92. The Kier molecular flexibility index (Phi) is 5.91. The van der Waals surface area contributed by atoms with Crippen LogP contribution in [0.4, 0.5) is 5.69 Å². The Hall–Kier alpha value is -2.40. The number of nitrogens with zero attached hydrogens (tertiary/aromatic N) is 2. The molecule has 2 rings (SSSR count). The summed E-state index contributed by atoms with van der Waals surface area (Å²) < 4.78 is 5.09. The van der Waals surface area contributed by atoms with E-state index in [1.165, 1.54) is 0 Å². The summed E-state index contributed by atoms with van der Waals surface area (Å²) in [5, 5.41) is 2.87. The zero-order valence-corrected chi connectivity index (χ0v) is 13.0. The van der Waals surface area contributed by atoms with Crippen molar-refractivity contribution in [1.29, 1.82) is 0 Å². The van der Waals surface area contributed by atoms with Crippen LogP contribution in [-0.2, 0) is 11.2 Å². The SMILES string of the molecule is COc1ccc(NC(=O)CN(C)CCc2ccccn2)cc1. The molecule has 2 aromatic rings. The zero-order chi connectivity index (χ0) is 15.8. The highest BCUT2D eigenvalue weighted by atomic mass is 16.5. The van der Waals surface area contributed by atoms with Gasteiger partial charge in [0.1, 0.15) is 5.75 Å². The fourth-order valence-corrected chi connectivity index (χ4v) is 2.05. The first-order chi connectivity index (χ1) is 10.7. The smallest absolute Gasteiger partial charge is 0.238 e. The first-order valence-corrected chi connectivity index (χ1v) is 7.20. The number of benzene rings is 1. The van der Waals surface area contributed by atoms with Crippen LogP contribution in [-0.4, -0.2) is 43.0 Å². The summed E-state index contributed by atoms with van der Waals surface area (Å²) in [4.78, 5) is 18.2. The van der Waals surface area contributed by atoms with Crippen molar-refractivity contribution in [2.75, 3.05) is 32.6 Å². The number of amides is 1. The van der Waals surface area contributed by atoms with Gasteiger partial charge in [0.15, 0.2) is 0 Å². The number of aromatic nitrogens is 1. The third kappa shape index (κ3) is 5.18. The van der Waals surface area contributed by atoms with Gasteiger partial charge in [-0.05, 0) is 43.4 Å². The maximum atomic E-state index is 12.0. The number of anilines is 1. The normalized spacial score (nSPS) is 10.5. The van der Waals surface area contributed by atoms with Gasteiger partial charge >= 0.3 is 0 Å². The number of carbonyl (C=O) groups excluding carboxylic acids is 1. The summed E-state index contributed by atoms with van der Waals surface area (Å²) in [5.41, 5.74) is 1.80. The number of nitrogens with one attached hydrogen (secondary N) is 1. The van der Waals surface area contributed by atoms with Crippen molar-refractivity contribution in [2.24, 2.45) is 0 Å². The van der Waals surface area contributed by atoms with Crippen molar-refractivity contribution in [3.63, 3.8) is 0 Å². The predicted molar refractivity (Wildman–Crippen MR) is 87.1 cm³/mol. The van der Waals surface area contributed by atoms with Gasteiger partial charge in [-0.25, -0.2) is 0 Å². The van der Waals surface area contributed by atoms with E-state index in [0.29, 0.717) is 6.54 Å². The summed E-state index contributed by atoms with van der Waals surface area (Å²) in [5.74, 6) is 0.735. The maximum Gasteiger partial charge on any atom is 0.238 e. The van der Waals surface area contributed by atoms with Crippen LogP contribution < -0.4 is 10.1 Å². The van der Waals surface area contributed by atoms with Gasteiger partial charge in [0.25, 0.3) is 0 Å². The van der Waals surface area contributed by atoms with Gasteiger partial charge in [-0.1, -0.05) is 6.07 Å². The number of likely N-dealkylation sites (N-methyl/N-ethyl adjacent to an activating group) is 1. The van der Waals surface area contributed by atoms with Crippen LogP contribution in [0, 0.1) is 0 Å². The molecule has 5 nitrogen and oxygen atoms in total. The molecule has 1 N–H and O–H groups in total. The monoisotopic (exact) mass is 299 g/mol. The molecule has 1 amide bonds. The molecule has 0 bridgehead atoms. The van der Waals surface area contributed by atoms with E-state index in [1.807, 2.05) is 54.4 Å². The first-order valence-electron chi connectivity index (χ1n) is 7.20. The zero-order valence-electron chi connectivity index (χ0n) is 13.0. The van der Waals surface area contributed by atoms with Gasteiger partial charge in [-0.3, -0.25) is 14.7 Å². The number of pyridine rings is 1. The minimum Gasteiger partial charge on any atom is -0.497 e. The molecule has 0 saturated heterocycles. The number of carbonyl (C=O) groups is 1. The molecule has 0 fully saturated rings. The van der Waals surface area contributed by atoms with E-state index in [4.69, 9.17) is 4.74 Å². The molecule has 0 saturated carbocycles. The van der Waals surface area contributed by atoms with Crippen molar-refractivity contribution >= 4 is 11.6 Å². The third-order valence-corrected chi connectivity index (χ3v) is 3.26. The van der Waals surface area contributed by atoms with Crippen molar-refractivity contribution in [1.82, 2.24) is 9.88 Å². The van der Waals surface area contributed by atoms with Crippen LogP contribution in [0.5, 0.6) is 5.75 Å². The second kappa shape index (κ2) is 8.14. The number of hydrogen-bond donors (Lipinski definition) is 1. The summed E-state index contributed by atoms with van der Waals surface area (Å²) in [7, 11) is 3.54. The molecule has 1 aromatic heterocycles. The van der Waals surface area contributed by atoms with Crippen LogP contribution in [0.3, 0.4) is 0 Å². The van der Waals surface area contributed by atoms with Crippen LogP contribution >= 0.6 is 0 Å². The van der Waals surface area contributed by atoms with Gasteiger partial charge in [0, 0.05) is 30.5 Å². The average Bonchev–Trinajstić information content (AvgIpc) is 2.54. The fourth-order valence-electron chi connectivity index (χ4n) is 2.05. The van der Waals surface area contributed by atoms with Gasteiger partial charge in [-0.2, -0.15) is 0 Å². The van der Waals surface area contributed by atoms with Crippen LogP contribution in [0.25, 0.3) is 0 Å². The number of methoxy groups -OCH3 is 1. The summed E-state index contributed by atoms with van der Waals surface area (Å²) in [6.45, 7) is 1.13. The molecule has 0 aliphatic carbocycles. The fraction of sp³-hybridized carbons (Fsp3) is 0.294. The topological polar surface area (TPSA) is 54.5 Å². The minimum atomic E-state index is -0.0336. The van der Waals surface area contributed by atoms with Crippen molar-refractivity contribution < 1.29 is 9.53 Å². The molecule has 0 radical (unpaired) electrons. The maximum absolute atomic E-state index is 12.0. The van der Waals surface area contributed by atoms with E-state index in [0.717, 1.165) is 30.1 Å². The minimum absolute atomic E-state index is 0.0336. The Bertz CT molecular complexity index is 585. The molecular weight excluding hydrogens is 278 g/mol. The first kappa shape index (κ1) is 16.0. The van der Waals surface area contributed by atoms with Gasteiger partial charge in [0.2, 0.25) is 5.91 Å². The molecule has 1 heterocycles. The molecule has 0 spiro atoms. The Balaban J connectivity index is 1.75. The van der Waals surface area contributed by atoms with E-state index in [2.05, 4.69) is 10.3 Å². The third-order valence-electron chi connectivity index (χ3n) is 3.26. The summed E-state index contributed by atoms with van der Waals surface area (Å²) >= 11 is 0. The van der Waals surface area contributed by atoms with Crippen molar-refractivity contribution in [3.05, 3.63) is 54.4 Å². The average molecular weight is 299 g/mol. The van der Waals surface area contributed by atoms with Gasteiger partial charge < -0.3 is 10.1 Å². The molecule has 0 unspecified atom stereocenters. The van der Waals surface area contributed by atoms with E-state index < -0.39 is 0 Å². The van der Waals surface area contributed by atoms with Crippen LogP contribution in [0.15, 0.2) is 48.7 Å². The Morgan fingerprint density at radius 3 is 2.64 bits per heavy atom. The van der Waals surface area contributed by atoms with Crippen LogP contribution in [0.1, 0.15) is 5.69 Å². The van der Waals surface area contributed by atoms with E-state index in [9.17, 15) is 4.79 Å². The van der Waals surface area contributed by atoms with E-state index >= 15 is 0 Å². The summed E-state index contributed by atoms with van der Waals surface area (Å²) in [6, 6.07) is 13.1. The Labute approximate surface area is 130 Å². The number of ether oxygens (including phenoxy) is 1. The predicted octanol–water partition coefficient (Wildman–Crippen LogP) is 2.20. The second-order valence-corrected chi connectivity index (χ2v) is 5.09. The molecule has 5 heteroatoms. The standard InChI is InChI=1S/C17H21N3O2/c1-20(12-10-14-5-3-4-11-18-14)13-17(21)19-15-6-8-16(22-2)9-7-15/h3-9,11H,10,12-13H2,1-2H3,(H,19,21). The van der Waals surface area contributed by atoms with Gasteiger partial charge in [-0.15, -0.1) is 0 Å². The molecule has 0 aliphatic heterocycles. The molecule has 0 atom stereocenters. The molecule has 22 heavy (non-hydrogen) atoms. The summed E-state index contributed by atoms with van der Waals surface area (Å²) in [6.07, 6.45) is 2.61. The van der Waals surface area contributed by atoms with Crippen LogP contribution in [0.2, 0.25) is 0 Å². The van der Waals surface area contributed by atoms with Gasteiger partial charge in [0.05, 0.1) is 13.7 Å². The van der Waals surface area contributed by atoms with E-state index in [1.54, 1.807) is 13.3 Å². The molecule has 1 aromatic carbocycles. The number of hydrogen-bond acceptors (Lipinski definition) is 4. The molecule has 116 valence electrons. The Morgan fingerprint density at radius 1 is 1.23 bits per heavy atom. The highest BCUT2D eigenvalue weighted by Gasteiger charge is 2.07. The molecular formula is C17H21N3O2. The molecule has 0 aliphatic rings. The lowest BCUT2D eigenvalue weighted by atomic mass is 10.2.